The monoisotopic (exact) mass is 417 g/mol. The Morgan fingerprint density at radius 1 is 1.44 bits per heavy atom. The minimum absolute atomic E-state index is 0.0954. The van der Waals surface area contributed by atoms with E-state index < -0.39 is 10.0 Å². The van der Waals surface area contributed by atoms with Crippen molar-refractivity contribution in [1.82, 2.24) is 4.72 Å². The van der Waals surface area contributed by atoms with Gasteiger partial charge in [-0.3, -0.25) is 0 Å². The van der Waals surface area contributed by atoms with Crippen LogP contribution in [0.15, 0.2) is 27.6 Å². The molecule has 0 radical (unpaired) electrons. The molecule has 0 bridgehead atoms. The van der Waals surface area contributed by atoms with Crippen LogP contribution < -0.4 is 4.72 Å². The fourth-order valence-corrected chi connectivity index (χ4v) is 3.69. The quantitative estimate of drug-likeness (QED) is 0.710. The second-order valence-corrected chi connectivity index (χ2v) is 7.70. The number of benzene rings is 1. The van der Waals surface area contributed by atoms with Gasteiger partial charge in [-0.15, -0.1) is 0 Å². The molecular formula is C11H14Br2ClNO2S. The zero-order valence-corrected chi connectivity index (χ0v) is 14.5. The van der Waals surface area contributed by atoms with Crippen molar-refractivity contribution in [3.8, 4) is 0 Å². The van der Waals surface area contributed by atoms with Crippen LogP contribution in [0.25, 0.3) is 0 Å². The molecule has 0 aliphatic heterocycles. The number of rotatable bonds is 6. The molecule has 102 valence electrons. The first-order valence-corrected chi connectivity index (χ1v) is 9.17. The molecule has 1 rings (SSSR count). The van der Waals surface area contributed by atoms with Crippen LogP contribution in [0, 0.1) is 0 Å². The van der Waals surface area contributed by atoms with Gasteiger partial charge < -0.3 is 0 Å². The predicted octanol–water partition coefficient (Wildman–Crippen LogP) is 3.94. The molecule has 3 nitrogen and oxygen atoms in total. The van der Waals surface area contributed by atoms with Crippen LogP contribution in [-0.2, 0) is 10.0 Å². The Bertz CT molecular complexity index is 508. The van der Waals surface area contributed by atoms with Gasteiger partial charge in [-0.2, -0.15) is 0 Å². The first-order valence-electron chi connectivity index (χ1n) is 5.40. The molecule has 1 N–H and O–H groups in total. The van der Waals surface area contributed by atoms with Gasteiger partial charge in [0.2, 0.25) is 10.0 Å². The smallest absolute Gasteiger partial charge is 0.208 e. The second kappa shape index (κ2) is 7.24. The Labute approximate surface area is 130 Å². The molecule has 0 heterocycles. The number of hydrogen-bond donors (Lipinski definition) is 1. The molecule has 18 heavy (non-hydrogen) atoms. The summed E-state index contributed by atoms with van der Waals surface area (Å²) >= 11 is 12.4. The average molecular weight is 420 g/mol. The van der Waals surface area contributed by atoms with Crippen molar-refractivity contribution in [2.45, 2.75) is 30.7 Å². The van der Waals surface area contributed by atoms with Crippen molar-refractivity contribution in [3.63, 3.8) is 0 Å². The van der Waals surface area contributed by atoms with Gasteiger partial charge in [0.05, 0.1) is 9.92 Å². The summed E-state index contributed by atoms with van der Waals surface area (Å²) in [6, 6.07) is 4.46. The van der Waals surface area contributed by atoms with Crippen LogP contribution in [0.4, 0.5) is 0 Å². The zero-order valence-electron chi connectivity index (χ0n) is 9.79. The van der Waals surface area contributed by atoms with Crippen LogP contribution in [-0.4, -0.2) is 19.8 Å². The number of alkyl halides is 1. The Kier molecular flexibility index (Phi) is 6.61. The molecule has 0 saturated heterocycles. The summed E-state index contributed by atoms with van der Waals surface area (Å²) in [5.74, 6) is 0. The van der Waals surface area contributed by atoms with E-state index in [1.807, 2.05) is 6.92 Å². The van der Waals surface area contributed by atoms with E-state index in [2.05, 4.69) is 36.6 Å². The second-order valence-electron chi connectivity index (χ2n) is 3.93. The maximum Gasteiger partial charge on any atom is 0.240 e. The number of nitrogens with one attached hydrogen (secondary N) is 1. The lowest BCUT2D eigenvalue weighted by Crippen LogP contribution is -2.32. The summed E-state index contributed by atoms with van der Waals surface area (Å²) in [6.45, 7) is 1.85. The van der Waals surface area contributed by atoms with Gasteiger partial charge in [0.25, 0.3) is 0 Å². The van der Waals surface area contributed by atoms with E-state index in [9.17, 15) is 8.42 Å². The maximum atomic E-state index is 12.1. The average Bonchev–Trinajstić information content (AvgIpc) is 2.29. The Balaban J connectivity index is 2.83. The predicted molar refractivity (Wildman–Crippen MR) is 82.0 cm³/mol. The molecular weight excluding hydrogens is 405 g/mol. The molecule has 7 heteroatoms. The van der Waals surface area contributed by atoms with Gasteiger partial charge >= 0.3 is 0 Å². The minimum atomic E-state index is -3.48. The van der Waals surface area contributed by atoms with E-state index in [0.717, 1.165) is 18.2 Å². The Morgan fingerprint density at radius 3 is 2.67 bits per heavy atom. The molecule has 0 aliphatic rings. The lowest BCUT2D eigenvalue weighted by molar-refractivity contribution is 0.545. The first kappa shape index (κ1) is 16.4. The van der Waals surface area contributed by atoms with Crippen molar-refractivity contribution < 1.29 is 8.42 Å². The van der Waals surface area contributed by atoms with Crippen molar-refractivity contribution in [2.75, 3.05) is 5.33 Å². The third kappa shape index (κ3) is 4.81. The first-order chi connectivity index (χ1) is 8.36. The van der Waals surface area contributed by atoms with E-state index in [-0.39, 0.29) is 10.9 Å². The van der Waals surface area contributed by atoms with Gasteiger partial charge in [0.1, 0.15) is 0 Å². The molecule has 0 aromatic heterocycles. The maximum absolute atomic E-state index is 12.1. The van der Waals surface area contributed by atoms with Gasteiger partial charge in [0, 0.05) is 15.8 Å². The molecule has 1 aromatic carbocycles. The number of hydrogen-bond acceptors (Lipinski definition) is 2. The van der Waals surface area contributed by atoms with Gasteiger partial charge in [0.15, 0.2) is 0 Å². The van der Waals surface area contributed by atoms with E-state index in [1.165, 1.54) is 12.1 Å². The molecule has 1 unspecified atom stereocenters. The summed E-state index contributed by atoms with van der Waals surface area (Å²) in [5.41, 5.74) is 0. The molecule has 0 amide bonds. The third-order valence-corrected chi connectivity index (χ3v) is 5.69. The normalized spacial score (nSPS) is 13.6. The van der Waals surface area contributed by atoms with Crippen molar-refractivity contribution in [2.24, 2.45) is 0 Å². The summed E-state index contributed by atoms with van der Waals surface area (Å²) in [7, 11) is -3.48. The highest BCUT2D eigenvalue weighted by Crippen LogP contribution is 2.25. The SMILES string of the molecule is CC(CCCBr)NS(=O)(=O)c1ccc(Cl)c(Br)c1. The van der Waals surface area contributed by atoms with E-state index in [1.54, 1.807) is 6.07 Å². The van der Waals surface area contributed by atoms with Crippen molar-refractivity contribution >= 4 is 53.5 Å². The highest BCUT2D eigenvalue weighted by atomic mass is 79.9. The Morgan fingerprint density at radius 2 is 2.11 bits per heavy atom. The molecule has 1 atom stereocenters. The molecule has 0 saturated carbocycles. The third-order valence-electron chi connectivity index (χ3n) is 2.33. The van der Waals surface area contributed by atoms with E-state index in [4.69, 9.17) is 11.6 Å². The van der Waals surface area contributed by atoms with Gasteiger partial charge in [-0.25, -0.2) is 13.1 Å². The fourth-order valence-electron chi connectivity index (χ4n) is 1.42. The minimum Gasteiger partial charge on any atom is -0.208 e. The summed E-state index contributed by atoms with van der Waals surface area (Å²) < 4.78 is 27.4. The topological polar surface area (TPSA) is 46.2 Å². The van der Waals surface area contributed by atoms with Crippen LogP contribution in [0.5, 0.6) is 0 Å². The highest BCUT2D eigenvalue weighted by Gasteiger charge is 2.17. The van der Waals surface area contributed by atoms with Crippen molar-refractivity contribution in [1.29, 1.82) is 0 Å². The fraction of sp³-hybridized carbons (Fsp3) is 0.455. The number of halogens is 3. The molecule has 0 spiro atoms. The highest BCUT2D eigenvalue weighted by molar-refractivity contribution is 9.10. The van der Waals surface area contributed by atoms with Gasteiger partial charge in [-0.05, 0) is 53.9 Å². The lowest BCUT2D eigenvalue weighted by atomic mass is 10.2. The van der Waals surface area contributed by atoms with Crippen molar-refractivity contribution in [3.05, 3.63) is 27.7 Å². The Hall–Kier alpha value is 0.380. The molecule has 1 aromatic rings. The molecule has 0 aliphatic carbocycles. The summed E-state index contributed by atoms with van der Waals surface area (Å²) in [4.78, 5) is 0.212. The number of sulfonamides is 1. The zero-order chi connectivity index (χ0) is 13.8. The van der Waals surface area contributed by atoms with Crippen LogP contribution in [0.2, 0.25) is 5.02 Å². The van der Waals surface area contributed by atoms with Crippen LogP contribution in [0.1, 0.15) is 19.8 Å². The largest absolute Gasteiger partial charge is 0.240 e. The standard InChI is InChI=1S/C11H14Br2ClNO2S/c1-8(3-2-6-12)15-18(16,17)9-4-5-11(14)10(13)7-9/h4-5,7-8,15H,2-3,6H2,1H3. The summed E-state index contributed by atoms with van der Waals surface area (Å²) in [6.07, 6.45) is 1.72. The molecule has 0 fully saturated rings. The van der Waals surface area contributed by atoms with Crippen LogP contribution >= 0.6 is 43.5 Å². The lowest BCUT2D eigenvalue weighted by Gasteiger charge is -2.14. The van der Waals surface area contributed by atoms with Gasteiger partial charge in [-0.1, -0.05) is 27.5 Å². The summed E-state index contributed by atoms with van der Waals surface area (Å²) in [5, 5.41) is 1.35. The van der Waals surface area contributed by atoms with E-state index in [0.29, 0.717) is 9.50 Å². The van der Waals surface area contributed by atoms with E-state index >= 15 is 0 Å². The van der Waals surface area contributed by atoms with Crippen LogP contribution in [0.3, 0.4) is 0 Å².